The van der Waals surface area contributed by atoms with Crippen LogP contribution in [0.15, 0.2) is 18.3 Å². The van der Waals surface area contributed by atoms with E-state index in [1.807, 2.05) is 24.0 Å². The van der Waals surface area contributed by atoms with Crippen molar-refractivity contribution in [2.24, 2.45) is 0 Å². The molecule has 0 spiro atoms. The highest BCUT2D eigenvalue weighted by atomic mass is 15.2. The molecule has 74 valence electrons. The minimum Gasteiger partial charge on any atom is -0.397 e. The van der Waals surface area contributed by atoms with Crippen LogP contribution >= 0.6 is 0 Å². The second-order valence-electron chi connectivity index (χ2n) is 2.94. The first-order valence-corrected chi connectivity index (χ1v) is 4.61. The van der Waals surface area contributed by atoms with Gasteiger partial charge in [0, 0.05) is 13.1 Å². The van der Waals surface area contributed by atoms with Crippen molar-refractivity contribution in [1.29, 1.82) is 5.26 Å². The molecule has 1 aromatic rings. The molecule has 0 atom stereocenters. The maximum absolute atomic E-state index is 8.48. The van der Waals surface area contributed by atoms with Crippen molar-refractivity contribution in [3.05, 3.63) is 18.3 Å². The standard InChI is InChI=1S/C10H14N4/c1-2-14(7-3-6-11)10-5-4-9(12)8-13-10/h4-5,8H,2-3,7,12H2,1H3. The molecule has 0 aromatic carbocycles. The van der Waals surface area contributed by atoms with E-state index < -0.39 is 0 Å². The van der Waals surface area contributed by atoms with Crippen molar-refractivity contribution in [2.45, 2.75) is 13.3 Å². The Bertz CT molecular complexity index is 312. The van der Waals surface area contributed by atoms with E-state index in [9.17, 15) is 0 Å². The third-order valence-electron chi connectivity index (χ3n) is 1.97. The lowest BCUT2D eigenvalue weighted by Crippen LogP contribution is -2.24. The Morgan fingerprint density at radius 3 is 2.86 bits per heavy atom. The summed E-state index contributed by atoms with van der Waals surface area (Å²) in [7, 11) is 0. The summed E-state index contributed by atoms with van der Waals surface area (Å²) < 4.78 is 0. The maximum atomic E-state index is 8.48. The predicted molar refractivity (Wildman–Crippen MR) is 56.8 cm³/mol. The second-order valence-corrected chi connectivity index (χ2v) is 2.94. The highest BCUT2D eigenvalue weighted by Gasteiger charge is 2.03. The van der Waals surface area contributed by atoms with Crippen LogP contribution < -0.4 is 10.6 Å². The van der Waals surface area contributed by atoms with Gasteiger partial charge < -0.3 is 10.6 Å². The van der Waals surface area contributed by atoms with E-state index >= 15 is 0 Å². The molecule has 2 N–H and O–H groups in total. The molecule has 1 rings (SSSR count). The molecule has 0 aliphatic rings. The Morgan fingerprint density at radius 2 is 2.36 bits per heavy atom. The van der Waals surface area contributed by atoms with Gasteiger partial charge in [0.2, 0.25) is 0 Å². The Kier molecular flexibility index (Phi) is 3.74. The van der Waals surface area contributed by atoms with Crippen molar-refractivity contribution in [2.75, 3.05) is 23.7 Å². The first-order chi connectivity index (χ1) is 6.77. The van der Waals surface area contributed by atoms with Crippen LogP contribution in [0, 0.1) is 11.3 Å². The van der Waals surface area contributed by atoms with Crippen molar-refractivity contribution < 1.29 is 0 Å². The first-order valence-electron chi connectivity index (χ1n) is 4.61. The van der Waals surface area contributed by atoms with Crippen molar-refractivity contribution in [3.8, 4) is 6.07 Å². The van der Waals surface area contributed by atoms with Crippen molar-refractivity contribution in [1.82, 2.24) is 4.98 Å². The fraction of sp³-hybridized carbons (Fsp3) is 0.400. The van der Waals surface area contributed by atoms with Crippen LogP contribution in [0.3, 0.4) is 0 Å². The zero-order valence-corrected chi connectivity index (χ0v) is 8.27. The van der Waals surface area contributed by atoms with Gasteiger partial charge in [-0.1, -0.05) is 0 Å². The topological polar surface area (TPSA) is 65.9 Å². The summed E-state index contributed by atoms with van der Waals surface area (Å²) in [6.07, 6.45) is 2.14. The number of aromatic nitrogens is 1. The Balaban J connectivity index is 2.69. The number of nitrogen functional groups attached to an aromatic ring is 1. The summed E-state index contributed by atoms with van der Waals surface area (Å²) in [5.41, 5.74) is 6.19. The van der Waals surface area contributed by atoms with E-state index in [2.05, 4.69) is 11.1 Å². The third kappa shape index (κ3) is 2.63. The fourth-order valence-corrected chi connectivity index (χ4v) is 1.20. The van der Waals surface area contributed by atoms with Gasteiger partial charge in [0.05, 0.1) is 24.4 Å². The molecule has 14 heavy (non-hydrogen) atoms. The summed E-state index contributed by atoms with van der Waals surface area (Å²) in [6.45, 7) is 3.60. The summed E-state index contributed by atoms with van der Waals surface area (Å²) in [4.78, 5) is 6.24. The lowest BCUT2D eigenvalue weighted by Gasteiger charge is -2.20. The summed E-state index contributed by atoms with van der Waals surface area (Å²) in [6, 6.07) is 5.81. The number of hydrogen-bond donors (Lipinski definition) is 1. The smallest absolute Gasteiger partial charge is 0.128 e. The van der Waals surface area contributed by atoms with Crippen LogP contribution in [0.1, 0.15) is 13.3 Å². The van der Waals surface area contributed by atoms with E-state index in [1.54, 1.807) is 6.20 Å². The molecule has 4 heteroatoms. The van der Waals surface area contributed by atoms with Gasteiger partial charge in [-0.15, -0.1) is 0 Å². The highest BCUT2D eigenvalue weighted by molar-refractivity contribution is 5.45. The predicted octanol–water partition coefficient (Wildman–Crippen LogP) is 1.40. The van der Waals surface area contributed by atoms with Crippen LogP contribution in [0.2, 0.25) is 0 Å². The molecular formula is C10H14N4. The number of hydrogen-bond acceptors (Lipinski definition) is 4. The molecule has 0 aliphatic carbocycles. The normalized spacial score (nSPS) is 9.43. The molecule has 0 fully saturated rings. The number of pyridine rings is 1. The van der Waals surface area contributed by atoms with Gasteiger partial charge in [0.1, 0.15) is 5.82 Å². The van der Waals surface area contributed by atoms with Crippen molar-refractivity contribution >= 4 is 11.5 Å². The van der Waals surface area contributed by atoms with Gasteiger partial charge in [0.15, 0.2) is 0 Å². The molecule has 0 saturated carbocycles. The molecular weight excluding hydrogens is 176 g/mol. The molecule has 0 amide bonds. The molecule has 0 unspecified atom stereocenters. The largest absolute Gasteiger partial charge is 0.397 e. The Labute approximate surface area is 84.0 Å². The fourth-order valence-electron chi connectivity index (χ4n) is 1.20. The van der Waals surface area contributed by atoms with Crippen LogP contribution in [0.5, 0.6) is 0 Å². The average Bonchev–Trinajstić information content (AvgIpc) is 2.21. The van der Waals surface area contributed by atoms with E-state index in [0.717, 1.165) is 12.4 Å². The molecule has 0 saturated heterocycles. The summed E-state index contributed by atoms with van der Waals surface area (Å²) in [5.74, 6) is 0.872. The Morgan fingerprint density at radius 1 is 1.57 bits per heavy atom. The van der Waals surface area contributed by atoms with Crippen LogP contribution in [-0.2, 0) is 0 Å². The molecule has 4 nitrogen and oxygen atoms in total. The van der Waals surface area contributed by atoms with Gasteiger partial charge >= 0.3 is 0 Å². The van der Waals surface area contributed by atoms with Gasteiger partial charge in [-0.3, -0.25) is 0 Å². The van der Waals surface area contributed by atoms with Gasteiger partial charge in [-0.25, -0.2) is 4.98 Å². The lowest BCUT2D eigenvalue weighted by molar-refractivity contribution is 0.811. The minimum absolute atomic E-state index is 0.514. The van der Waals surface area contributed by atoms with Crippen LogP contribution in [-0.4, -0.2) is 18.1 Å². The molecule has 1 aromatic heterocycles. The SMILES string of the molecule is CCN(CCC#N)c1ccc(N)cn1. The molecule has 1 heterocycles. The molecule has 0 radical (unpaired) electrons. The summed E-state index contributed by atoms with van der Waals surface area (Å²) in [5, 5.41) is 8.48. The van der Waals surface area contributed by atoms with E-state index in [1.165, 1.54) is 0 Å². The number of anilines is 2. The number of nitrogens with zero attached hydrogens (tertiary/aromatic N) is 3. The van der Waals surface area contributed by atoms with E-state index in [4.69, 9.17) is 11.0 Å². The summed E-state index contributed by atoms with van der Waals surface area (Å²) >= 11 is 0. The average molecular weight is 190 g/mol. The highest BCUT2D eigenvalue weighted by Crippen LogP contribution is 2.11. The molecule has 0 aliphatic heterocycles. The minimum atomic E-state index is 0.514. The Hall–Kier alpha value is -1.76. The van der Waals surface area contributed by atoms with E-state index in [-0.39, 0.29) is 0 Å². The number of nitriles is 1. The third-order valence-corrected chi connectivity index (χ3v) is 1.97. The first kappa shape index (κ1) is 10.3. The van der Waals surface area contributed by atoms with Crippen LogP contribution in [0.4, 0.5) is 11.5 Å². The van der Waals surface area contributed by atoms with Gasteiger partial charge in [-0.2, -0.15) is 5.26 Å². The van der Waals surface area contributed by atoms with Crippen molar-refractivity contribution in [3.63, 3.8) is 0 Å². The number of nitrogens with two attached hydrogens (primary N) is 1. The van der Waals surface area contributed by atoms with Crippen LogP contribution in [0.25, 0.3) is 0 Å². The van der Waals surface area contributed by atoms with Gasteiger partial charge in [0.25, 0.3) is 0 Å². The monoisotopic (exact) mass is 190 g/mol. The maximum Gasteiger partial charge on any atom is 0.128 e. The van der Waals surface area contributed by atoms with E-state index in [0.29, 0.717) is 18.7 Å². The second kappa shape index (κ2) is 5.07. The lowest BCUT2D eigenvalue weighted by atomic mass is 10.3. The zero-order chi connectivity index (χ0) is 10.4. The quantitative estimate of drug-likeness (QED) is 0.779. The van der Waals surface area contributed by atoms with Gasteiger partial charge in [-0.05, 0) is 19.1 Å². The number of rotatable bonds is 4. The zero-order valence-electron chi connectivity index (χ0n) is 8.27. The molecule has 0 bridgehead atoms.